The molecule has 0 saturated carbocycles. The van der Waals surface area contributed by atoms with Crippen LogP contribution in [0, 0.1) is 17.5 Å². The minimum Gasteiger partial charge on any atom is -0.494 e. The summed E-state index contributed by atoms with van der Waals surface area (Å²) in [6.07, 6.45) is 1.44. The quantitative estimate of drug-likeness (QED) is 0.495. The number of methoxy groups -OCH3 is 1. The molecule has 7 nitrogen and oxygen atoms in total. The Labute approximate surface area is 167 Å². The van der Waals surface area contributed by atoms with Gasteiger partial charge in [0.15, 0.2) is 22.7 Å². The lowest BCUT2D eigenvalue weighted by Crippen LogP contribution is -2.22. The molecule has 0 amide bonds. The molecule has 2 heterocycles. The van der Waals surface area contributed by atoms with Gasteiger partial charge in [-0.1, -0.05) is 0 Å². The fourth-order valence-corrected chi connectivity index (χ4v) is 2.94. The first-order chi connectivity index (χ1) is 14.4. The van der Waals surface area contributed by atoms with Crippen molar-refractivity contribution in [1.82, 2.24) is 19.1 Å². The molecule has 4 rings (SSSR count). The molecule has 0 unspecified atom stereocenters. The van der Waals surface area contributed by atoms with E-state index in [9.17, 15) is 18.0 Å². The summed E-state index contributed by atoms with van der Waals surface area (Å²) in [6, 6.07) is 6.96. The van der Waals surface area contributed by atoms with Crippen LogP contribution in [0.15, 0.2) is 47.5 Å². The van der Waals surface area contributed by atoms with Gasteiger partial charge in [-0.3, -0.25) is 4.79 Å². The summed E-state index contributed by atoms with van der Waals surface area (Å²) < 4.78 is 54.8. The lowest BCUT2D eigenvalue weighted by Gasteiger charge is -2.14. The Morgan fingerprint density at radius 3 is 2.33 bits per heavy atom. The van der Waals surface area contributed by atoms with E-state index in [-0.39, 0.29) is 28.6 Å². The highest BCUT2D eigenvalue weighted by Crippen LogP contribution is 2.31. The number of hydrogen-bond acceptors (Lipinski definition) is 5. The fraction of sp³-hybridized carbons (Fsp3) is 0.150. The van der Waals surface area contributed by atoms with Gasteiger partial charge in [0.25, 0.3) is 5.56 Å². The van der Waals surface area contributed by atoms with E-state index in [1.165, 1.54) is 31.6 Å². The van der Waals surface area contributed by atoms with Gasteiger partial charge in [-0.2, -0.15) is 13.8 Å². The van der Waals surface area contributed by atoms with Gasteiger partial charge in [0.2, 0.25) is 11.6 Å². The fourth-order valence-electron chi connectivity index (χ4n) is 2.94. The van der Waals surface area contributed by atoms with Crippen molar-refractivity contribution < 1.29 is 22.6 Å². The van der Waals surface area contributed by atoms with Gasteiger partial charge in [-0.15, -0.1) is 0 Å². The van der Waals surface area contributed by atoms with Crippen molar-refractivity contribution in [2.24, 2.45) is 0 Å². The second kappa shape index (κ2) is 7.54. The van der Waals surface area contributed by atoms with E-state index in [0.29, 0.717) is 6.54 Å². The van der Waals surface area contributed by atoms with Crippen molar-refractivity contribution in [2.75, 3.05) is 7.11 Å². The largest absolute Gasteiger partial charge is 0.494 e. The molecule has 0 saturated heterocycles. The Kier molecular flexibility index (Phi) is 4.90. The van der Waals surface area contributed by atoms with Crippen molar-refractivity contribution in [3.05, 3.63) is 70.5 Å². The maximum absolute atomic E-state index is 14.5. The molecule has 0 radical (unpaired) electrons. The number of rotatable bonds is 5. The highest BCUT2D eigenvalue weighted by molar-refractivity contribution is 5.70. The molecular weight excluding hydrogens is 401 g/mol. The summed E-state index contributed by atoms with van der Waals surface area (Å²) in [7, 11) is 1.20. The van der Waals surface area contributed by atoms with E-state index in [0.717, 1.165) is 22.8 Å². The van der Waals surface area contributed by atoms with Crippen molar-refractivity contribution in [3.63, 3.8) is 0 Å². The third-order valence-corrected chi connectivity index (χ3v) is 4.47. The monoisotopic (exact) mass is 416 g/mol. The van der Waals surface area contributed by atoms with E-state index in [4.69, 9.17) is 9.47 Å². The Hall–Kier alpha value is -3.82. The first kappa shape index (κ1) is 19.5. The number of nitrogens with zero attached hydrogens (tertiary/aromatic N) is 4. The summed E-state index contributed by atoms with van der Waals surface area (Å²) in [5.41, 5.74) is -0.130. The van der Waals surface area contributed by atoms with Gasteiger partial charge in [-0.25, -0.2) is 13.9 Å². The average Bonchev–Trinajstić information content (AvgIpc) is 3.16. The van der Waals surface area contributed by atoms with Crippen LogP contribution in [0.2, 0.25) is 0 Å². The first-order valence-electron chi connectivity index (χ1n) is 8.88. The van der Waals surface area contributed by atoms with Gasteiger partial charge >= 0.3 is 6.01 Å². The van der Waals surface area contributed by atoms with Gasteiger partial charge in [0, 0.05) is 6.54 Å². The van der Waals surface area contributed by atoms with Crippen LogP contribution in [0.3, 0.4) is 0 Å². The van der Waals surface area contributed by atoms with Crippen LogP contribution in [-0.4, -0.2) is 26.2 Å². The Balaban J connectivity index is 1.95. The van der Waals surface area contributed by atoms with Gasteiger partial charge < -0.3 is 14.0 Å². The molecule has 2 aromatic heterocycles. The van der Waals surface area contributed by atoms with E-state index in [1.807, 2.05) is 6.92 Å². The van der Waals surface area contributed by atoms with Crippen LogP contribution in [-0.2, 0) is 6.54 Å². The summed E-state index contributed by atoms with van der Waals surface area (Å²) in [4.78, 5) is 21.5. The zero-order chi connectivity index (χ0) is 21.4. The van der Waals surface area contributed by atoms with Crippen LogP contribution in [0.5, 0.6) is 17.5 Å². The van der Waals surface area contributed by atoms with E-state index < -0.39 is 28.8 Å². The van der Waals surface area contributed by atoms with Gasteiger partial charge in [0.1, 0.15) is 5.82 Å². The maximum atomic E-state index is 14.5. The molecule has 0 N–H and O–H groups in total. The zero-order valence-corrected chi connectivity index (χ0v) is 15.9. The number of aromatic nitrogens is 4. The van der Waals surface area contributed by atoms with E-state index in [2.05, 4.69) is 9.97 Å². The molecule has 4 aromatic rings. The lowest BCUT2D eigenvalue weighted by atomic mass is 10.3. The van der Waals surface area contributed by atoms with Crippen molar-refractivity contribution in [1.29, 1.82) is 0 Å². The normalized spacial score (nSPS) is 11.1. The van der Waals surface area contributed by atoms with E-state index in [1.54, 1.807) is 4.57 Å². The minimum atomic E-state index is -1.31. The third kappa shape index (κ3) is 3.15. The van der Waals surface area contributed by atoms with Crippen LogP contribution < -0.4 is 15.0 Å². The minimum absolute atomic E-state index is 0.0508. The maximum Gasteiger partial charge on any atom is 0.311 e. The summed E-state index contributed by atoms with van der Waals surface area (Å²) in [5.74, 6) is -3.87. The predicted molar refractivity (Wildman–Crippen MR) is 102 cm³/mol. The highest BCUT2D eigenvalue weighted by Gasteiger charge is 2.21. The Morgan fingerprint density at radius 2 is 1.67 bits per heavy atom. The highest BCUT2D eigenvalue weighted by atomic mass is 19.2. The number of hydrogen-bond donors (Lipinski definition) is 0. The standard InChI is InChI=1S/C20H15F3N4O3/c1-3-26-10-24-17-18(26)25-20(27(19(17)28)12-6-4-11(21)5-7-12)30-14-9-8-13(29-2)15(22)16(14)23/h4-10H,3H2,1-2H3. The molecule has 0 bridgehead atoms. The molecule has 0 aliphatic heterocycles. The second-order valence-electron chi connectivity index (χ2n) is 6.21. The second-order valence-corrected chi connectivity index (χ2v) is 6.21. The number of ether oxygens (including phenoxy) is 2. The lowest BCUT2D eigenvalue weighted by molar-refractivity contribution is 0.350. The predicted octanol–water partition coefficient (Wildman–Crippen LogP) is 3.82. The molecule has 10 heteroatoms. The Bertz CT molecular complexity index is 1300. The molecule has 30 heavy (non-hydrogen) atoms. The molecule has 0 spiro atoms. The summed E-state index contributed by atoms with van der Waals surface area (Å²) >= 11 is 0. The van der Waals surface area contributed by atoms with Crippen LogP contribution in [0.25, 0.3) is 16.9 Å². The zero-order valence-electron chi connectivity index (χ0n) is 15.9. The van der Waals surface area contributed by atoms with Crippen LogP contribution >= 0.6 is 0 Å². The van der Waals surface area contributed by atoms with Crippen LogP contribution in [0.1, 0.15) is 6.92 Å². The average molecular weight is 416 g/mol. The SMILES string of the molecule is CCn1cnc2c(=O)n(-c3ccc(F)cc3)c(Oc3ccc(OC)c(F)c3F)nc21. The van der Waals surface area contributed by atoms with Crippen molar-refractivity contribution in [3.8, 4) is 23.2 Å². The van der Waals surface area contributed by atoms with Crippen molar-refractivity contribution in [2.45, 2.75) is 13.5 Å². The topological polar surface area (TPSA) is 71.2 Å². The summed E-state index contributed by atoms with van der Waals surface area (Å²) in [5, 5.41) is 0. The number of imidazole rings is 1. The van der Waals surface area contributed by atoms with Crippen molar-refractivity contribution >= 4 is 11.2 Å². The number of halogens is 3. The molecule has 0 fully saturated rings. The Morgan fingerprint density at radius 1 is 1.00 bits per heavy atom. The van der Waals surface area contributed by atoms with E-state index >= 15 is 0 Å². The molecule has 0 aliphatic carbocycles. The van der Waals surface area contributed by atoms with Gasteiger partial charge in [-0.05, 0) is 43.3 Å². The molecule has 0 aliphatic rings. The smallest absolute Gasteiger partial charge is 0.311 e. The molecule has 2 aromatic carbocycles. The van der Waals surface area contributed by atoms with Crippen LogP contribution in [0.4, 0.5) is 13.2 Å². The number of fused-ring (bicyclic) bond motifs is 1. The molecule has 0 atom stereocenters. The number of aryl methyl sites for hydroxylation is 1. The number of benzene rings is 2. The molecular formula is C20H15F3N4O3. The molecule has 154 valence electrons. The summed E-state index contributed by atoms with van der Waals surface area (Å²) in [6.45, 7) is 2.29. The first-order valence-corrected chi connectivity index (χ1v) is 8.88. The van der Waals surface area contributed by atoms with Gasteiger partial charge in [0.05, 0.1) is 19.1 Å². The third-order valence-electron chi connectivity index (χ3n) is 4.47.